The van der Waals surface area contributed by atoms with E-state index in [-0.39, 0.29) is 11.7 Å². The van der Waals surface area contributed by atoms with Crippen molar-refractivity contribution in [2.45, 2.75) is 64.3 Å². The van der Waals surface area contributed by atoms with Gasteiger partial charge in [0.2, 0.25) is 5.91 Å². The molecule has 2 heterocycles. The van der Waals surface area contributed by atoms with Crippen LogP contribution < -0.4 is 4.74 Å². The van der Waals surface area contributed by atoms with Crippen LogP contribution >= 0.6 is 0 Å². The number of amides is 1. The fourth-order valence-corrected chi connectivity index (χ4v) is 4.55. The number of carbonyl (C=O) groups is 1. The van der Waals surface area contributed by atoms with Crippen LogP contribution in [0.25, 0.3) is 0 Å². The number of hydrogen-bond acceptors (Lipinski definition) is 4. The molecule has 1 aliphatic carbocycles. The lowest BCUT2D eigenvalue weighted by Crippen LogP contribution is -2.37. The van der Waals surface area contributed by atoms with Gasteiger partial charge < -0.3 is 9.64 Å². The average molecular weight is 433 g/mol. The molecule has 0 N–H and O–H groups in total. The van der Waals surface area contributed by atoms with Gasteiger partial charge in [0.1, 0.15) is 12.1 Å². The standard InChI is InChI=1S/C23H26F3N3O2/c24-23(25,26)31-18-8-5-17(6-9-18)13-21-19-14-29(12-11-20(19)27-15-28-21)22(30)10-7-16-3-1-2-4-16/h5-6,8-9,15-16H,1-4,7,10-14H2. The maximum Gasteiger partial charge on any atom is 0.573 e. The smallest absolute Gasteiger partial charge is 0.406 e. The summed E-state index contributed by atoms with van der Waals surface area (Å²) in [6, 6.07) is 5.80. The molecule has 8 heteroatoms. The summed E-state index contributed by atoms with van der Waals surface area (Å²) in [6.07, 6.45) is 4.55. The molecule has 0 saturated heterocycles. The molecule has 4 rings (SSSR count). The number of nitrogens with zero attached hydrogens (tertiary/aromatic N) is 3. The van der Waals surface area contributed by atoms with Crippen molar-refractivity contribution in [1.29, 1.82) is 0 Å². The first kappa shape index (κ1) is 21.6. The van der Waals surface area contributed by atoms with Crippen LogP contribution in [0.3, 0.4) is 0 Å². The number of ether oxygens (including phenoxy) is 1. The molecule has 31 heavy (non-hydrogen) atoms. The normalized spacial score (nSPS) is 16.9. The number of rotatable bonds is 6. The third-order valence-electron chi connectivity index (χ3n) is 6.21. The summed E-state index contributed by atoms with van der Waals surface area (Å²) in [7, 11) is 0. The molecule has 1 amide bonds. The van der Waals surface area contributed by atoms with E-state index in [4.69, 9.17) is 0 Å². The molecular weight excluding hydrogens is 407 g/mol. The zero-order chi connectivity index (χ0) is 21.8. The van der Waals surface area contributed by atoms with Crippen molar-refractivity contribution in [2.75, 3.05) is 6.54 Å². The molecule has 1 saturated carbocycles. The highest BCUT2D eigenvalue weighted by molar-refractivity contribution is 5.76. The van der Waals surface area contributed by atoms with Gasteiger partial charge in [0.05, 0.1) is 11.4 Å². The number of fused-ring (bicyclic) bond motifs is 1. The second-order valence-corrected chi connectivity index (χ2v) is 8.37. The highest BCUT2D eigenvalue weighted by Gasteiger charge is 2.31. The van der Waals surface area contributed by atoms with Gasteiger partial charge in [-0.25, -0.2) is 9.97 Å². The van der Waals surface area contributed by atoms with E-state index in [0.717, 1.165) is 28.9 Å². The molecule has 0 bridgehead atoms. The summed E-state index contributed by atoms with van der Waals surface area (Å²) in [5, 5.41) is 0. The molecular formula is C23H26F3N3O2. The van der Waals surface area contributed by atoms with Gasteiger partial charge in [-0.2, -0.15) is 0 Å². The van der Waals surface area contributed by atoms with Crippen LogP contribution in [0.5, 0.6) is 5.75 Å². The molecule has 1 aromatic carbocycles. The average Bonchev–Trinajstić information content (AvgIpc) is 3.26. The summed E-state index contributed by atoms with van der Waals surface area (Å²) >= 11 is 0. The predicted octanol–water partition coefficient (Wildman–Crippen LogP) is 4.82. The van der Waals surface area contributed by atoms with E-state index in [1.54, 1.807) is 12.1 Å². The Kier molecular flexibility index (Phi) is 6.43. The van der Waals surface area contributed by atoms with E-state index in [0.29, 0.717) is 38.3 Å². The zero-order valence-corrected chi connectivity index (χ0v) is 17.3. The second-order valence-electron chi connectivity index (χ2n) is 8.37. The van der Waals surface area contributed by atoms with Crippen molar-refractivity contribution < 1.29 is 22.7 Å². The van der Waals surface area contributed by atoms with E-state index in [1.807, 2.05) is 4.90 Å². The Bertz CT molecular complexity index is 909. The van der Waals surface area contributed by atoms with Crippen molar-refractivity contribution in [3.8, 4) is 5.75 Å². The molecule has 1 aliphatic heterocycles. The van der Waals surface area contributed by atoms with Gasteiger partial charge in [-0.1, -0.05) is 37.8 Å². The summed E-state index contributed by atoms with van der Waals surface area (Å²) in [6.45, 7) is 1.15. The van der Waals surface area contributed by atoms with Crippen molar-refractivity contribution in [1.82, 2.24) is 14.9 Å². The fourth-order valence-electron chi connectivity index (χ4n) is 4.55. The van der Waals surface area contributed by atoms with Crippen LogP contribution in [0, 0.1) is 5.92 Å². The van der Waals surface area contributed by atoms with E-state index in [1.165, 1.54) is 44.1 Å². The number of hydrogen-bond donors (Lipinski definition) is 0. The van der Waals surface area contributed by atoms with Crippen molar-refractivity contribution >= 4 is 5.91 Å². The molecule has 0 atom stereocenters. The maximum absolute atomic E-state index is 12.8. The summed E-state index contributed by atoms with van der Waals surface area (Å²) in [4.78, 5) is 23.5. The van der Waals surface area contributed by atoms with Crippen LogP contribution in [0.1, 0.15) is 61.0 Å². The number of carbonyl (C=O) groups excluding carboxylic acids is 1. The largest absolute Gasteiger partial charge is 0.573 e. The topological polar surface area (TPSA) is 55.3 Å². The Labute approximate surface area is 179 Å². The Balaban J connectivity index is 1.41. The monoisotopic (exact) mass is 433 g/mol. The Morgan fingerprint density at radius 3 is 2.58 bits per heavy atom. The van der Waals surface area contributed by atoms with Crippen molar-refractivity contribution in [2.24, 2.45) is 5.92 Å². The third kappa shape index (κ3) is 5.74. The zero-order valence-electron chi connectivity index (χ0n) is 17.3. The lowest BCUT2D eigenvalue weighted by atomic mass is 9.98. The molecule has 0 unspecified atom stereocenters. The number of halogens is 3. The van der Waals surface area contributed by atoms with E-state index in [9.17, 15) is 18.0 Å². The summed E-state index contributed by atoms with van der Waals surface area (Å²) < 4.78 is 41.0. The van der Waals surface area contributed by atoms with Crippen LogP contribution in [0.15, 0.2) is 30.6 Å². The lowest BCUT2D eigenvalue weighted by Gasteiger charge is -2.29. The van der Waals surface area contributed by atoms with Crippen LogP contribution in [-0.2, 0) is 24.2 Å². The minimum absolute atomic E-state index is 0.181. The Morgan fingerprint density at radius 2 is 1.87 bits per heavy atom. The van der Waals surface area contributed by atoms with Crippen molar-refractivity contribution in [3.05, 3.63) is 53.1 Å². The molecule has 1 aromatic heterocycles. The Morgan fingerprint density at radius 1 is 1.13 bits per heavy atom. The highest BCUT2D eigenvalue weighted by atomic mass is 19.4. The molecule has 2 aromatic rings. The van der Waals surface area contributed by atoms with Gasteiger partial charge in [0.25, 0.3) is 0 Å². The van der Waals surface area contributed by atoms with Crippen molar-refractivity contribution in [3.63, 3.8) is 0 Å². The first-order chi connectivity index (χ1) is 14.9. The first-order valence-electron chi connectivity index (χ1n) is 10.8. The maximum atomic E-state index is 12.8. The summed E-state index contributed by atoms with van der Waals surface area (Å²) in [5.41, 5.74) is 3.53. The number of benzene rings is 1. The molecule has 1 fully saturated rings. The number of aromatic nitrogens is 2. The summed E-state index contributed by atoms with van der Waals surface area (Å²) in [5.74, 6) is 0.616. The molecule has 0 spiro atoms. The van der Waals surface area contributed by atoms with Crippen LogP contribution in [-0.4, -0.2) is 33.7 Å². The molecule has 0 radical (unpaired) electrons. The van der Waals surface area contributed by atoms with Gasteiger partial charge in [-0.05, 0) is 30.0 Å². The highest BCUT2D eigenvalue weighted by Crippen LogP contribution is 2.30. The Hall–Kier alpha value is -2.64. The van der Waals surface area contributed by atoms with E-state index in [2.05, 4.69) is 14.7 Å². The fraction of sp³-hybridized carbons (Fsp3) is 0.522. The quantitative estimate of drug-likeness (QED) is 0.655. The lowest BCUT2D eigenvalue weighted by molar-refractivity contribution is -0.274. The van der Waals surface area contributed by atoms with E-state index >= 15 is 0 Å². The molecule has 2 aliphatic rings. The van der Waals surface area contributed by atoms with Crippen LogP contribution in [0.2, 0.25) is 0 Å². The van der Waals surface area contributed by atoms with Crippen LogP contribution in [0.4, 0.5) is 13.2 Å². The second kappa shape index (κ2) is 9.24. The molecule has 5 nitrogen and oxygen atoms in total. The van der Waals surface area contributed by atoms with Gasteiger partial charge in [-0.3, -0.25) is 4.79 Å². The van der Waals surface area contributed by atoms with Gasteiger partial charge in [-0.15, -0.1) is 13.2 Å². The minimum atomic E-state index is -4.71. The SMILES string of the molecule is O=C(CCC1CCCC1)N1CCc2ncnc(Cc3ccc(OC(F)(F)F)cc3)c2C1. The van der Waals surface area contributed by atoms with E-state index < -0.39 is 6.36 Å². The van der Waals surface area contributed by atoms with Gasteiger partial charge >= 0.3 is 6.36 Å². The first-order valence-corrected chi connectivity index (χ1v) is 10.8. The number of alkyl halides is 3. The third-order valence-corrected chi connectivity index (χ3v) is 6.21. The molecule has 166 valence electrons. The van der Waals surface area contributed by atoms with Gasteiger partial charge in [0.15, 0.2) is 0 Å². The minimum Gasteiger partial charge on any atom is -0.406 e. The van der Waals surface area contributed by atoms with Gasteiger partial charge in [0, 0.05) is 37.9 Å². The predicted molar refractivity (Wildman–Crippen MR) is 108 cm³/mol.